The van der Waals surface area contributed by atoms with Gasteiger partial charge in [0.15, 0.2) is 0 Å². The highest BCUT2D eigenvalue weighted by atomic mass is 16.5. The van der Waals surface area contributed by atoms with E-state index in [2.05, 4.69) is 15.3 Å². The smallest absolute Gasteiger partial charge is 0.271 e. The molecule has 2 N–H and O–H groups in total. The van der Waals surface area contributed by atoms with E-state index in [9.17, 15) is 9.90 Å². The number of rotatable bonds is 3. The average molecular weight is 237 g/mol. The topological polar surface area (TPSA) is 84.3 Å². The molecule has 1 aromatic rings. The molecule has 0 aliphatic carbocycles. The Labute approximate surface area is 99.0 Å². The van der Waals surface area contributed by atoms with Gasteiger partial charge in [-0.2, -0.15) is 0 Å². The molecule has 2 atom stereocenters. The maximum absolute atomic E-state index is 11.7. The molecule has 0 aromatic carbocycles. The number of nitrogens with zero attached hydrogens (tertiary/aromatic N) is 2. The molecule has 0 spiro atoms. The molecule has 1 aliphatic heterocycles. The molecule has 92 valence electrons. The van der Waals surface area contributed by atoms with Crippen LogP contribution in [-0.4, -0.2) is 45.8 Å². The first kappa shape index (κ1) is 11.9. The predicted octanol–water partition coefficient (Wildman–Crippen LogP) is -0.254. The summed E-state index contributed by atoms with van der Waals surface area (Å²) in [5, 5.41) is 12.8. The number of hydrogen-bond acceptors (Lipinski definition) is 5. The van der Waals surface area contributed by atoms with Crippen molar-refractivity contribution in [3.8, 4) is 0 Å². The van der Waals surface area contributed by atoms with Crippen molar-refractivity contribution >= 4 is 5.91 Å². The summed E-state index contributed by atoms with van der Waals surface area (Å²) in [5.41, 5.74) is -0.750. The maximum atomic E-state index is 11.7. The molecule has 2 rings (SSSR count). The van der Waals surface area contributed by atoms with Crippen LogP contribution in [0.25, 0.3) is 0 Å². The fourth-order valence-electron chi connectivity index (χ4n) is 1.74. The van der Waals surface area contributed by atoms with E-state index in [0.29, 0.717) is 13.0 Å². The van der Waals surface area contributed by atoms with E-state index in [-0.39, 0.29) is 24.2 Å². The molecule has 17 heavy (non-hydrogen) atoms. The molecular formula is C11H15N3O3. The third-order valence-corrected chi connectivity index (χ3v) is 3.01. The number of carbonyl (C=O) groups is 1. The summed E-state index contributed by atoms with van der Waals surface area (Å²) in [5.74, 6) is -0.342. The van der Waals surface area contributed by atoms with Gasteiger partial charge >= 0.3 is 0 Å². The summed E-state index contributed by atoms with van der Waals surface area (Å²) in [7, 11) is 0. The second-order valence-electron chi connectivity index (χ2n) is 4.14. The third kappa shape index (κ3) is 2.59. The first-order chi connectivity index (χ1) is 8.12. The van der Waals surface area contributed by atoms with Crippen molar-refractivity contribution in [3.63, 3.8) is 0 Å². The molecule has 1 aliphatic rings. The molecule has 1 aromatic heterocycles. The van der Waals surface area contributed by atoms with E-state index in [0.717, 1.165) is 0 Å². The van der Waals surface area contributed by atoms with Crippen molar-refractivity contribution in [2.45, 2.75) is 25.0 Å². The largest absolute Gasteiger partial charge is 0.385 e. The normalized spacial score (nSPS) is 28.0. The molecule has 1 saturated heterocycles. The van der Waals surface area contributed by atoms with Crippen molar-refractivity contribution in [2.75, 3.05) is 13.2 Å². The number of carbonyl (C=O) groups excluding carboxylic acids is 1. The zero-order chi connectivity index (χ0) is 12.3. The van der Waals surface area contributed by atoms with E-state index < -0.39 is 5.60 Å². The van der Waals surface area contributed by atoms with Gasteiger partial charge in [-0.15, -0.1) is 0 Å². The highest BCUT2D eigenvalue weighted by Gasteiger charge is 2.39. The standard InChI is InChI=1S/C11H15N3O3/c1-8-11(16,2-5-17-8)7-14-10(15)9-6-12-3-4-13-9/h3-4,6,8,16H,2,5,7H2,1H3,(H,14,15). The van der Waals surface area contributed by atoms with Crippen molar-refractivity contribution < 1.29 is 14.6 Å². The number of aliphatic hydroxyl groups is 1. The lowest BCUT2D eigenvalue weighted by Gasteiger charge is -2.25. The zero-order valence-electron chi connectivity index (χ0n) is 9.59. The van der Waals surface area contributed by atoms with Gasteiger partial charge in [0, 0.05) is 32.0 Å². The minimum absolute atomic E-state index is 0.156. The predicted molar refractivity (Wildman–Crippen MR) is 59.3 cm³/mol. The lowest BCUT2D eigenvalue weighted by Crippen LogP contribution is -2.47. The van der Waals surface area contributed by atoms with Gasteiger partial charge in [-0.3, -0.25) is 9.78 Å². The number of amides is 1. The maximum Gasteiger partial charge on any atom is 0.271 e. The van der Waals surface area contributed by atoms with Crippen LogP contribution in [0.15, 0.2) is 18.6 Å². The van der Waals surface area contributed by atoms with Crippen LogP contribution in [0, 0.1) is 0 Å². The van der Waals surface area contributed by atoms with Crippen LogP contribution in [-0.2, 0) is 4.74 Å². The highest BCUT2D eigenvalue weighted by Crippen LogP contribution is 2.24. The van der Waals surface area contributed by atoms with Gasteiger partial charge in [-0.25, -0.2) is 4.98 Å². The molecule has 0 bridgehead atoms. The first-order valence-corrected chi connectivity index (χ1v) is 5.50. The molecule has 0 radical (unpaired) electrons. The van der Waals surface area contributed by atoms with Crippen molar-refractivity contribution in [1.82, 2.24) is 15.3 Å². The Morgan fingerprint density at radius 3 is 3.12 bits per heavy atom. The van der Waals surface area contributed by atoms with E-state index in [1.165, 1.54) is 18.6 Å². The Morgan fingerprint density at radius 2 is 2.53 bits per heavy atom. The minimum Gasteiger partial charge on any atom is -0.385 e. The fraction of sp³-hybridized carbons (Fsp3) is 0.545. The van der Waals surface area contributed by atoms with Crippen LogP contribution < -0.4 is 5.32 Å². The van der Waals surface area contributed by atoms with Gasteiger partial charge in [0.1, 0.15) is 11.3 Å². The highest BCUT2D eigenvalue weighted by molar-refractivity contribution is 5.91. The summed E-state index contributed by atoms with van der Waals surface area (Å²) in [6.07, 6.45) is 4.58. The molecule has 6 heteroatoms. The number of aromatic nitrogens is 2. The second-order valence-corrected chi connectivity index (χ2v) is 4.14. The Kier molecular flexibility index (Phi) is 3.35. The van der Waals surface area contributed by atoms with Crippen LogP contribution in [0.3, 0.4) is 0 Å². The zero-order valence-corrected chi connectivity index (χ0v) is 9.59. The van der Waals surface area contributed by atoms with Crippen LogP contribution >= 0.6 is 0 Å². The number of ether oxygens (including phenoxy) is 1. The molecule has 6 nitrogen and oxygen atoms in total. The fourth-order valence-corrected chi connectivity index (χ4v) is 1.74. The monoisotopic (exact) mass is 237 g/mol. The minimum atomic E-state index is -0.988. The molecular weight excluding hydrogens is 222 g/mol. The summed E-state index contributed by atoms with van der Waals surface area (Å²) in [4.78, 5) is 19.4. The molecule has 1 amide bonds. The summed E-state index contributed by atoms with van der Waals surface area (Å²) >= 11 is 0. The lowest BCUT2D eigenvalue weighted by molar-refractivity contribution is -0.0252. The van der Waals surface area contributed by atoms with Crippen LogP contribution in [0.5, 0.6) is 0 Å². The average Bonchev–Trinajstić information content (AvgIpc) is 2.68. The first-order valence-electron chi connectivity index (χ1n) is 5.50. The van der Waals surface area contributed by atoms with Gasteiger partial charge in [-0.05, 0) is 6.92 Å². The second kappa shape index (κ2) is 4.77. The van der Waals surface area contributed by atoms with E-state index in [1.54, 1.807) is 6.92 Å². The van der Waals surface area contributed by atoms with Gasteiger partial charge < -0.3 is 15.2 Å². The Hall–Kier alpha value is -1.53. The van der Waals surface area contributed by atoms with Gasteiger partial charge in [-0.1, -0.05) is 0 Å². The van der Waals surface area contributed by atoms with E-state index >= 15 is 0 Å². The molecule has 1 fully saturated rings. The van der Waals surface area contributed by atoms with Crippen LogP contribution in [0.4, 0.5) is 0 Å². The molecule has 2 unspecified atom stereocenters. The molecule has 0 saturated carbocycles. The quantitative estimate of drug-likeness (QED) is 0.757. The van der Waals surface area contributed by atoms with E-state index in [4.69, 9.17) is 4.74 Å². The molecule has 2 heterocycles. The van der Waals surface area contributed by atoms with Gasteiger partial charge in [0.2, 0.25) is 0 Å². The van der Waals surface area contributed by atoms with Crippen LogP contribution in [0.2, 0.25) is 0 Å². The number of hydrogen-bond donors (Lipinski definition) is 2. The van der Waals surface area contributed by atoms with Gasteiger partial charge in [0.25, 0.3) is 5.91 Å². The van der Waals surface area contributed by atoms with Gasteiger partial charge in [0.05, 0.1) is 12.3 Å². The summed E-state index contributed by atoms with van der Waals surface area (Å²) < 4.78 is 5.28. The Bertz CT molecular complexity index is 398. The lowest BCUT2D eigenvalue weighted by atomic mass is 9.97. The number of nitrogens with one attached hydrogen (secondary N) is 1. The van der Waals surface area contributed by atoms with E-state index in [1.807, 2.05) is 0 Å². The summed E-state index contributed by atoms with van der Waals surface area (Å²) in [6, 6.07) is 0. The Balaban J connectivity index is 1.93. The van der Waals surface area contributed by atoms with Crippen molar-refractivity contribution in [2.24, 2.45) is 0 Å². The van der Waals surface area contributed by atoms with Crippen molar-refractivity contribution in [3.05, 3.63) is 24.3 Å². The SMILES string of the molecule is CC1OCCC1(O)CNC(=O)c1cnccn1. The van der Waals surface area contributed by atoms with Crippen LogP contribution in [0.1, 0.15) is 23.8 Å². The Morgan fingerprint density at radius 1 is 1.71 bits per heavy atom. The summed E-state index contributed by atoms with van der Waals surface area (Å²) in [6.45, 7) is 2.46. The van der Waals surface area contributed by atoms with Crippen molar-refractivity contribution in [1.29, 1.82) is 0 Å². The third-order valence-electron chi connectivity index (χ3n) is 3.01.